The molecule has 0 saturated heterocycles. The lowest BCUT2D eigenvalue weighted by atomic mass is 9.76. The summed E-state index contributed by atoms with van der Waals surface area (Å²) in [6, 6.07) is 0. The van der Waals surface area contributed by atoms with Crippen LogP contribution in [-0.2, 0) is 6.54 Å². The van der Waals surface area contributed by atoms with E-state index in [1.54, 1.807) is 0 Å². The van der Waals surface area contributed by atoms with Crippen LogP contribution in [0.2, 0.25) is 0 Å². The number of rotatable bonds is 2. The number of aromatic nitrogens is 3. The van der Waals surface area contributed by atoms with Gasteiger partial charge in [0.1, 0.15) is 5.82 Å². The Kier molecular flexibility index (Phi) is 2.24. The Morgan fingerprint density at radius 3 is 2.85 bits per heavy atom. The zero-order chi connectivity index (χ0) is 9.42. The average molecular weight is 197 g/mol. The summed E-state index contributed by atoms with van der Waals surface area (Å²) in [6.07, 6.45) is 2.53. The van der Waals surface area contributed by atoms with E-state index < -0.39 is 0 Å². The molecule has 1 saturated carbocycles. The molecule has 1 heterocycles. The lowest BCUT2D eigenvalue weighted by Gasteiger charge is -2.31. The first-order valence-corrected chi connectivity index (χ1v) is 5.28. The van der Waals surface area contributed by atoms with Crippen LogP contribution in [0, 0.1) is 10.7 Å². The molecule has 1 aromatic heterocycles. The van der Waals surface area contributed by atoms with Gasteiger partial charge < -0.3 is 4.57 Å². The minimum absolute atomic E-state index is 0.642. The van der Waals surface area contributed by atoms with Gasteiger partial charge in [0.05, 0.1) is 0 Å². The predicted octanol–water partition coefficient (Wildman–Crippen LogP) is 2.47. The Balaban J connectivity index is 2.25. The van der Waals surface area contributed by atoms with Crippen molar-refractivity contribution in [2.75, 3.05) is 0 Å². The van der Waals surface area contributed by atoms with Gasteiger partial charge in [0, 0.05) is 12.5 Å². The normalized spacial score (nSPS) is 27.2. The maximum atomic E-state index is 5.14. The number of H-pyrrole nitrogens is 1. The van der Waals surface area contributed by atoms with Crippen LogP contribution in [0.1, 0.15) is 38.4 Å². The van der Waals surface area contributed by atoms with Crippen molar-refractivity contribution in [3.05, 3.63) is 10.6 Å². The molecule has 0 bridgehead atoms. The van der Waals surface area contributed by atoms with E-state index in [4.69, 9.17) is 12.2 Å². The number of aromatic amines is 1. The highest BCUT2D eigenvalue weighted by atomic mass is 32.1. The summed E-state index contributed by atoms with van der Waals surface area (Å²) < 4.78 is 2.86. The second kappa shape index (κ2) is 3.25. The molecule has 3 nitrogen and oxygen atoms in total. The summed E-state index contributed by atoms with van der Waals surface area (Å²) in [6.45, 7) is 5.32. The van der Waals surface area contributed by atoms with Crippen molar-refractivity contribution >= 4 is 12.2 Å². The Morgan fingerprint density at radius 2 is 2.31 bits per heavy atom. The zero-order valence-electron chi connectivity index (χ0n) is 8.08. The molecular formula is C9H15N3S. The van der Waals surface area contributed by atoms with Crippen molar-refractivity contribution in [3.63, 3.8) is 0 Å². The van der Waals surface area contributed by atoms with Crippen LogP contribution in [0.4, 0.5) is 0 Å². The molecule has 1 N–H and O–H groups in total. The maximum absolute atomic E-state index is 5.14. The van der Waals surface area contributed by atoms with Gasteiger partial charge in [-0.3, -0.25) is 5.10 Å². The van der Waals surface area contributed by atoms with Crippen LogP contribution >= 0.6 is 12.2 Å². The van der Waals surface area contributed by atoms with Crippen LogP contribution in [0.15, 0.2) is 0 Å². The van der Waals surface area contributed by atoms with E-state index in [1.165, 1.54) is 12.8 Å². The zero-order valence-corrected chi connectivity index (χ0v) is 8.90. The Hall–Kier alpha value is -0.640. The second-order valence-corrected chi connectivity index (χ2v) is 4.29. The van der Waals surface area contributed by atoms with Crippen molar-refractivity contribution in [1.82, 2.24) is 14.8 Å². The summed E-state index contributed by atoms with van der Waals surface area (Å²) >= 11 is 5.14. The summed E-state index contributed by atoms with van der Waals surface area (Å²) in [4.78, 5) is 0. The minimum Gasteiger partial charge on any atom is -0.304 e. The van der Waals surface area contributed by atoms with Crippen LogP contribution < -0.4 is 0 Å². The molecule has 0 aromatic carbocycles. The molecule has 1 fully saturated rings. The van der Waals surface area contributed by atoms with E-state index >= 15 is 0 Å². The maximum Gasteiger partial charge on any atom is 0.195 e. The standard InChI is InChI=1S/C9H15N3S/c1-3-12-8(10-11-9(12)13)7-4-6(2)5-7/h6-7H,3-5H2,1-2H3,(H,11,13). The summed E-state index contributed by atoms with van der Waals surface area (Å²) in [7, 11) is 0. The quantitative estimate of drug-likeness (QED) is 0.739. The molecule has 1 aliphatic rings. The van der Waals surface area contributed by atoms with Gasteiger partial charge in [-0.1, -0.05) is 6.92 Å². The second-order valence-electron chi connectivity index (χ2n) is 3.90. The summed E-state index contributed by atoms with van der Waals surface area (Å²) in [5, 5.41) is 7.16. The van der Waals surface area contributed by atoms with Crippen molar-refractivity contribution in [1.29, 1.82) is 0 Å². The molecular weight excluding hydrogens is 182 g/mol. The van der Waals surface area contributed by atoms with Gasteiger partial charge in [-0.05, 0) is 37.9 Å². The van der Waals surface area contributed by atoms with E-state index in [1.807, 2.05) is 0 Å². The highest BCUT2D eigenvalue weighted by Crippen LogP contribution is 2.40. The van der Waals surface area contributed by atoms with Crippen LogP contribution in [0.3, 0.4) is 0 Å². The molecule has 0 atom stereocenters. The van der Waals surface area contributed by atoms with Crippen LogP contribution in [-0.4, -0.2) is 14.8 Å². The molecule has 1 aliphatic carbocycles. The first-order valence-electron chi connectivity index (χ1n) is 4.87. The first kappa shape index (κ1) is 8.94. The van der Waals surface area contributed by atoms with Gasteiger partial charge in [-0.2, -0.15) is 5.10 Å². The van der Waals surface area contributed by atoms with Gasteiger partial charge in [0.2, 0.25) is 0 Å². The number of nitrogens with zero attached hydrogens (tertiary/aromatic N) is 2. The lowest BCUT2D eigenvalue weighted by Crippen LogP contribution is -2.22. The van der Waals surface area contributed by atoms with Gasteiger partial charge in [0.15, 0.2) is 4.77 Å². The first-order chi connectivity index (χ1) is 6.22. The van der Waals surface area contributed by atoms with Gasteiger partial charge in [-0.15, -0.1) is 0 Å². The number of hydrogen-bond acceptors (Lipinski definition) is 2. The van der Waals surface area contributed by atoms with E-state index in [9.17, 15) is 0 Å². The Labute approximate surface area is 83.2 Å². The third-order valence-electron chi connectivity index (χ3n) is 2.84. The van der Waals surface area contributed by atoms with E-state index in [0.717, 1.165) is 23.1 Å². The molecule has 72 valence electrons. The van der Waals surface area contributed by atoms with Crippen molar-refractivity contribution in [3.8, 4) is 0 Å². The van der Waals surface area contributed by atoms with Gasteiger partial charge in [-0.25, -0.2) is 0 Å². The number of nitrogens with one attached hydrogen (secondary N) is 1. The molecule has 4 heteroatoms. The monoisotopic (exact) mass is 197 g/mol. The minimum atomic E-state index is 0.642. The third-order valence-corrected chi connectivity index (χ3v) is 3.15. The molecule has 1 aromatic rings. The molecule has 0 amide bonds. The topological polar surface area (TPSA) is 33.6 Å². The van der Waals surface area contributed by atoms with Crippen molar-refractivity contribution in [2.45, 2.75) is 39.2 Å². The SMILES string of the molecule is CCn1c(C2CC(C)C2)n[nH]c1=S. The molecule has 0 unspecified atom stereocenters. The van der Waals surface area contributed by atoms with Gasteiger partial charge >= 0.3 is 0 Å². The van der Waals surface area contributed by atoms with E-state index in [-0.39, 0.29) is 0 Å². The molecule has 13 heavy (non-hydrogen) atoms. The average Bonchev–Trinajstić information content (AvgIpc) is 2.41. The lowest BCUT2D eigenvalue weighted by molar-refractivity contribution is 0.271. The highest BCUT2D eigenvalue weighted by Gasteiger charge is 2.30. The molecule has 0 aliphatic heterocycles. The van der Waals surface area contributed by atoms with Crippen LogP contribution in [0.25, 0.3) is 0 Å². The summed E-state index contributed by atoms with van der Waals surface area (Å²) in [5.74, 6) is 2.66. The molecule has 2 rings (SSSR count). The van der Waals surface area contributed by atoms with Gasteiger partial charge in [0.25, 0.3) is 0 Å². The smallest absolute Gasteiger partial charge is 0.195 e. The molecule has 0 spiro atoms. The fraction of sp³-hybridized carbons (Fsp3) is 0.778. The fourth-order valence-corrected chi connectivity index (χ4v) is 2.33. The fourth-order valence-electron chi connectivity index (χ4n) is 2.06. The molecule has 0 radical (unpaired) electrons. The highest BCUT2D eigenvalue weighted by molar-refractivity contribution is 7.71. The third kappa shape index (κ3) is 1.43. The largest absolute Gasteiger partial charge is 0.304 e. The number of hydrogen-bond donors (Lipinski definition) is 1. The Morgan fingerprint density at radius 1 is 1.62 bits per heavy atom. The Bertz CT molecular complexity index is 346. The van der Waals surface area contributed by atoms with Crippen LogP contribution in [0.5, 0.6) is 0 Å². The van der Waals surface area contributed by atoms with E-state index in [2.05, 4.69) is 28.6 Å². The summed E-state index contributed by atoms with van der Waals surface area (Å²) in [5.41, 5.74) is 0. The van der Waals surface area contributed by atoms with E-state index in [0.29, 0.717) is 5.92 Å². The predicted molar refractivity (Wildman–Crippen MR) is 54.2 cm³/mol. The van der Waals surface area contributed by atoms with Crippen molar-refractivity contribution in [2.24, 2.45) is 5.92 Å². The van der Waals surface area contributed by atoms with Crippen molar-refractivity contribution < 1.29 is 0 Å².